The lowest BCUT2D eigenvalue weighted by Crippen LogP contribution is -2.14. The van der Waals surface area contributed by atoms with E-state index in [1.54, 1.807) is 13.1 Å². The van der Waals surface area contributed by atoms with Crippen molar-refractivity contribution in [3.8, 4) is 0 Å². The highest BCUT2D eigenvalue weighted by Gasteiger charge is 2.13. The van der Waals surface area contributed by atoms with Crippen LogP contribution in [0.15, 0.2) is 30.6 Å². The van der Waals surface area contributed by atoms with E-state index in [0.29, 0.717) is 11.3 Å². The molecule has 1 aromatic carbocycles. The first-order valence-corrected chi connectivity index (χ1v) is 5.07. The molecule has 88 valence electrons. The largest absolute Gasteiger partial charge is 0.319 e. The van der Waals surface area contributed by atoms with Crippen LogP contribution in [0.25, 0.3) is 0 Å². The van der Waals surface area contributed by atoms with Crippen LogP contribution in [0.3, 0.4) is 0 Å². The molecule has 2 aromatic rings. The van der Waals surface area contributed by atoms with Crippen LogP contribution >= 0.6 is 0 Å². The van der Waals surface area contributed by atoms with Gasteiger partial charge < -0.3 is 5.73 Å². The first kappa shape index (κ1) is 11.6. The second-order valence-electron chi connectivity index (χ2n) is 3.73. The zero-order valence-corrected chi connectivity index (χ0v) is 9.19. The van der Waals surface area contributed by atoms with Gasteiger partial charge in [-0.3, -0.25) is 9.97 Å². The molecule has 0 amide bonds. The number of aromatic nitrogens is 2. The number of hydrogen-bond acceptors (Lipinski definition) is 3. The van der Waals surface area contributed by atoms with E-state index in [2.05, 4.69) is 9.97 Å². The van der Waals surface area contributed by atoms with E-state index in [0.717, 1.165) is 17.8 Å². The van der Waals surface area contributed by atoms with Gasteiger partial charge in [0, 0.05) is 6.20 Å². The molecule has 0 saturated heterocycles. The second kappa shape index (κ2) is 4.55. The van der Waals surface area contributed by atoms with Crippen molar-refractivity contribution in [1.29, 1.82) is 0 Å². The minimum Gasteiger partial charge on any atom is -0.319 e. The predicted octanol–water partition coefficient (Wildman–Crippen LogP) is 2.11. The van der Waals surface area contributed by atoms with Crippen molar-refractivity contribution in [2.45, 2.75) is 13.0 Å². The molecule has 2 N–H and O–H groups in total. The third-order valence-corrected chi connectivity index (χ3v) is 2.42. The molecule has 0 radical (unpaired) electrons. The SMILES string of the molecule is Cc1cnc(C(N)c2ccc(F)c(F)c2)cn1. The fraction of sp³-hybridized carbons (Fsp3) is 0.167. The Hall–Kier alpha value is -1.88. The van der Waals surface area contributed by atoms with Crippen LogP contribution in [0.4, 0.5) is 8.78 Å². The molecule has 0 aliphatic heterocycles. The summed E-state index contributed by atoms with van der Waals surface area (Å²) >= 11 is 0. The highest BCUT2D eigenvalue weighted by molar-refractivity contribution is 5.27. The summed E-state index contributed by atoms with van der Waals surface area (Å²) in [5.74, 6) is -1.81. The van der Waals surface area contributed by atoms with Crippen molar-refractivity contribution in [3.05, 3.63) is 59.2 Å². The van der Waals surface area contributed by atoms with Crippen LogP contribution in [-0.2, 0) is 0 Å². The van der Waals surface area contributed by atoms with Gasteiger partial charge in [0.05, 0.1) is 23.6 Å². The molecule has 0 spiro atoms. The average molecular weight is 235 g/mol. The number of aryl methyl sites for hydroxylation is 1. The quantitative estimate of drug-likeness (QED) is 0.867. The molecule has 1 aromatic heterocycles. The summed E-state index contributed by atoms with van der Waals surface area (Å²) in [7, 11) is 0. The maximum Gasteiger partial charge on any atom is 0.159 e. The van der Waals surface area contributed by atoms with Crippen LogP contribution in [0.2, 0.25) is 0 Å². The summed E-state index contributed by atoms with van der Waals surface area (Å²) in [4.78, 5) is 8.16. The number of nitrogens with zero attached hydrogens (tertiary/aromatic N) is 2. The van der Waals surface area contributed by atoms with Gasteiger partial charge in [-0.1, -0.05) is 6.07 Å². The number of benzene rings is 1. The van der Waals surface area contributed by atoms with Gasteiger partial charge in [0.2, 0.25) is 0 Å². The normalized spacial score (nSPS) is 12.5. The summed E-state index contributed by atoms with van der Waals surface area (Å²) in [5.41, 5.74) is 7.64. The van der Waals surface area contributed by atoms with Crippen LogP contribution in [0.5, 0.6) is 0 Å². The lowest BCUT2D eigenvalue weighted by Gasteiger charge is -2.11. The first-order chi connectivity index (χ1) is 8.08. The Labute approximate surface area is 97.3 Å². The molecule has 0 aliphatic carbocycles. The summed E-state index contributed by atoms with van der Waals surface area (Å²) in [6, 6.07) is 2.94. The van der Waals surface area contributed by atoms with Crippen LogP contribution in [0, 0.1) is 18.6 Å². The van der Waals surface area contributed by atoms with Gasteiger partial charge in [0.15, 0.2) is 11.6 Å². The first-order valence-electron chi connectivity index (χ1n) is 5.07. The van der Waals surface area contributed by atoms with Crippen molar-refractivity contribution >= 4 is 0 Å². The average Bonchev–Trinajstić information content (AvgIpc) is 2.33. The van der Waals surface area contributed by atoms with Gasteiger partial charge in [0.1, 0.15) is 0 Å². The minimum atomic E-state index is -0.918. The summed E-state index contributed by atoms with van der Waals surface area (Å²) in [6.45, 7) is 1.81. The zero-order chi connectivity index (χ0) is 12.4. The lowest BCUT2D eigenvalue weighted by molar-refractivity contribution is 0.506. The predicted molar refractivity (Wildman–Crippen MR) is 59.2 cm³/mol. The molecule has 1 heterocycles. The Morgan fingerprint density at radius 1 is 1.12 bits per heavy atom. The van der Waals surface area contributed by atoms with Gasteiger partial charge in [-0.2, -0.15) is 0 Å². The number of rotatable bonds is 2. The van der Waals surface area contributed by atoms with E-state index < -0.39 is 17.7 Å². The lowest BCUT2D eigenvalue weighted by atomic mass is 10.0. The molecule has 1 unspecified atom stereocenters. The van der Waals surface area contributed by atoms with Crippen LogP contribution < -0.4 is 5.73 Å². The molecule has 2 rings (SSSR count). The second-order valence-corrected chi connectivity index (χ2v) is 3.73. The third kappa shape index (κ3) is 2.45. The molecule has 0 fully saturated rings. The molecule has 5 heteroatoms. The molecule has 0 saturated carbocycles. The minimum absolute atomic E-state index is 0.460. The van der Waals surface area contributed by atoms with Gasteiger partial charge in [-0.15, -0.1) is 0 Å². The Morgan fingerprint density at radius 3 is 2.47 bits per heavy atom. The summed E-state index contributed by atoms with van der Waals surface area (Å²) in [6.07, 6.45) is 3.11. The third-order valence-electron chi connectivity index (χ3n) is 2.42. The van der Waals surface area contributed by atoms with Gasteiger partial charge in [0.25, 0.3) is 0 Å². The van der Waals surface area contributed by atoms with Crippen molar-refractivity contribution in [3.63, 3.8) is 0 Å². The highest BCUT2D eigenvalue weighted by Crippen LogP contribution is 2.19. The van der Waals surface area contributed by atoms with Crippen LogP contribution in [0.1, 0.15) is 23.0 Å². The van der Waals surface area contributed by atoms with E-state index in [1.807, 2.05) is 0 Å². The van der Waals surface area contributed by atoms with E-state index in [9.17, 15) is 8.78 Å². The van der Waals surface area contributed by atoms with E-state index in [4.69, 9.17) is 5.73 Å². The number of nitrogens with two attached hydrogens (primary N) is 1. The maximum atomic E-state index is 13.1. The summed E-state index contributed by atoms with van der Waals surface area (Å²) in [5, 5.41) is 0. The van der Waals surface area contributed by atoms with E-state index in [1.165, 1.54) is 12.3 Å². The topological polar surface area (TPSA) is 51.8 Å². The van der Waals surface area contributed by atoms with E-state index >= 15 is 0 Å². The molecule has 1 atom stereocenters. The molecular weight excluding hydrogens is 224 g/mol. The summed E-state index contributed by atoms with van der Waals surface area (Å²) < 4.78 is 25.8. The maximum absolute atomic E-state index is 13.1. The number of halogens is 2. The monoisotopic (exact) mass is 235 g/mol. The van der Waals surface area contributed by atoms with Crippen molar-refractivity contribution in [1.82, 2.24) is 9.97 Å². The van der Waals surface area contributed by atoms with E-state index in [-0.39, 0.29) is 0 Å². The standard InChI is InChI=1S/C12H11F2N3/c1-7-5-17-11(6-16-7)12(15)8-2-3-9(13)10(14)4-8/h2-6,12H,15H2,1H3. The Morgan fingerprint density at radius 2 is 1.88 bits per heavy atom. The highest BCUT2D eigenvalue weighted by atomic mass is 19.2. The smallest absolute Gasteiger partial charge is 0.159 e. The Bertz CT molecular complexity index is 526. The van der Waals surface area contributed by atoms with Gasteiger partial charge in [-0.05, 0) is 24.6 Å². The molecule has 0 aliphatic rings. The molecule has 17 heavy (non-hydrogen) atoms. The fourth-order valence-corrected chi connectivity index (χ4v) is 1.44. The van der Waals surface area contributed by atoms with Crippen molar-refractivity contribution in [2.75, 3.05) is 0 Å². The Kier molecular flexibility index (Phi) is 3.10. The molecular formula is C12H11F2N3. The number of hydrogen-bond donors (Lipinski definition) is 1. The fourth-order valence-electron chi connectivity index (χ4n) is 1.44. The van der Waals surface area contributed by atoms with Crippen molar-refractivity contribution < 1.29 is 8.78 Å². The zero-order valence-electron chi connectivity index (χ0n) is 9.19. The van der Waals surface area contributed by atoms with Crippen molar-refractivity contribution in [2.24, 2.45) is 5.73 Å². The Balaban J connectivity index is 2.33. The molecule has 3 nitrogen and oxygen atoms in total. The molecule has 0 bridgehead atoms. The van der Waals surface area contributed by atoms with Gasteiger partial charge >= 0.3 is 0 Å². The van der Waals surface area contributed by atoms with Gasteiger partial charge in [-0.25, -0.2) is 8.78 Å². The van der Waals surface area contributed by atoms with Crippen LogP contribution in [-0.4, -0.2) is 9.97 Å².